The van der Waals surface area contributed by atoms with Gasteiger partial charge in [-0.1, -0.05) is 300 Å². The summed E-state index contributed by atoms with van der Waals surface area (Å²) in [4.78, 5) is 26.3. The van der Waals surface area contributed by atoms with E-state index in [9.17, 15) is 9.59 Å². The minimum atomic E-state index is -0.369. The molecular formula is C74H75LiN4O4P4. The van der Waals surface area contributed by atoms with Crippen molar-refractivity contribution in [1.29, 1.82) is 0 Å². The number of carbonyl (C=O) groups excluding carboxylic acids is 2. The van der Waals surface area contributed by atoms with Gasteiger partial charge >= 0.3 is 31.0 Å². The largest absolute Gasteiger partial charge is 1.00 e. The first-order chi connectivity index (χ1) is 42.5. The molecule has 12 rings (SSSR count). The summed E-state index contributed by atoms with van der Waals surface area (Å²) < 4.78 is 9.86. The molecule has 0 unspecified atom stereocenters. The number of nitrogens with one attached hydrogen (secondary N) is 2. The summed E-state index contributed by atoms with van der Waals surface area (Å²) in [6.45, 7) is 6.91. The molecule has 0 aromatic heterocycles. The number of rotatable bonds is 22. The molecule has 10 aromatic carbocycles. The molecule has 2 amide bonds. The zero-order valence-corrected chi connectivity index (χ0v) is 53.3. The van der Waals surface area contributed by atoms with E-state index < -0.39 is 0 Å². The van der Waals surface area contributed by atoms with Crippen molar-refractivity contribution in [1.82, 2.24) is 20.4 Å². The van der Waals surface area contributed by atoms with Crippen molar-refractivity contribution in [3.63, 3.8) is 0 Å². The maximum atomic E-state index is 11.5. The van der Waals surface area contributed by atoms with E-state index in [0.717, 1.165) is 58.2 Å². The van der Waals surface area contributed by atoms with Gasteiger partial charge in [0.2, 0.25) is 0 Å². The molecule has 0 aliphatic carbocycles. The molecule has 2 fully saturated rings. The van der Waals surface area contributed by atoms with Crippen LogP contribution in [0.1, 0.15) is 22.3 Å². The van der Waals surface area contributed by atoms with Crippen LogP contribution in [-0.2, 0) is 35.7 Å². The maximum Gasteiger partial charge on any atom is 1.00 e. The summed E-state index contributed by atoms with van der Waals surface area (Å²) in [5, 5.41) is 18.8. The predicted octanol–water partition coefficient (Wildman–Crippen LogP) is 9.63. The fourth-order valence-electron chi connectivity index (χ4n) is 9.76. The van der Waals surface area contributed by atoms with Crippen LogP contribution in [-0.4, -0.2) is 73.7 Å². The number of ether oxygens (including phenoxy) is 2. The Morgan fingerprint density at radius 2 is 0.644 bits per heavy atom. The number of nitrogens with zero attached hydrogens (tertiary/aromatic N) is 2. The summed E-state index contributed by atoms with van der Waals surface area (Å²) in [6.07, 6.45) is 1.71. The van der Waals surface area contributed by atoms with Gasteiger partial charge in [0.15, 0.2) is 0 Å². The molecule has 0 atom stereocenters. The van der Waals surface area contributed by atoms with Crippen LogP contribution in [0.25, 0.3) is 0 Å². The van der Waals surface area contributed by atoms with Crippen LogP contribution < -0.4 is 71.9 Å². The molecule has 0 radical (unpaired) electrons. The smallest absolute Gasteiger partial charge is 0.472 e. The predicted molar refractivity (Wildman–Crippen MR) is 367 cm³/mol. The van der Waals surface area contributed by atoms with E-state index in [2.05, 4.69) is 265 Å². The minimum absolute atomic E-state index is 0. The van der Waals surface area contributed by atoms with E-state index in [1.165, 1.54) is 62.1 Å². The van der Waals surface area contributed by atoms with Crippen LogP contribution in [0.5, 0.6) is 0 Å². The fourth-order valence-corrected chi connectivity index (χ4v) is 16.3. The zero-order valence-electron chi connectivity index (χ0n) is 49.6. The maximum absolute atomic E-state index is 11.5. The second kappa shape index (κ2) is 37.6. The molecule has 8 nitrogen and oxygen atoms in total. The van der Waals surface area contributed by atoms with Crippen molar-refractivity contribution in [3.05, 3.63) is 313 Å². The quantitative estimate of drug-likeness (QED) is 0.0400. The summed E-state index contributed by atoms with van der Waals surface area (Å²) >= 11 is 0. The molecule has 436 valence electrons. The van der Waals surface area contributed by atoms with E-state index in [1.54, 1.807) is 9.80 Å². The molecule has 13 heteroatoms. The molecule has 0 spiro atoms. The van der Waals surface area contributed by atoms with E-state index in [1.807, 2.05) is 36.4 Å². The van der Waals surface area contributed by atoms with Gasteiger partial charge in [-0.15, -0.1) is 0 Å². The standard InChI is InChI=1S/C36H38N2P2.C14H16N2O4.C12H11P.C12H10P.Li/c1-5-17-33(18-6-1)39(34-19-7-2-8-20-34)27-25-37-29-31-15-13-14-16-32(31)30-38-26-28-40(35-21-9-3-10-22-35)36-23-11-4-12-24-36;17-13-15(5-7-19-13)9-11-3-1-2-4-12(11)10-16-6-8-20-14(16)18;2*1-3-7-11(8-4-1)13-12-9-5-2-6-10-12;/h1-24,37-38H,25-30H2;1-4H,5-10H2;1-10,13H;1-10H;/q;;;-1;+1. The summed E-state index contributed by atoms with van der Waals surface area (Å²) in [6, 6.07) is 103. The van der Waals surface area contributed by atoms with Crippen LogP contribution in [0.2, 0.25) is 0 Å². The number of hydrogen-bond acceptors (Lipinski definition) is 6. The average Bonchev–Trinajstić information content (AvgIpc) is 4.30. The molecule has 2 heterocycles. The number of cyclic esters (lactones) is 2. The van der Waals surface area contributed by atoms with Gasteiger partial charge in [-0.25, -0.2) is 20.2 Å². The second-order valence-corrected chi connectivity index (χ2v) is 27.6. The Morgan fingerprint density at radius 1 is 0.368 bits per heavy atom. The van der Waals surface area contributed by atoms with Gasteiger partial charge in [0.1, 0.15) is 13.2 Å². The molecular weight excluding hydrogens is 1140 g/mol. The molecule has 2 aliphatic rings. The van der Waals surface area contributed by atoms with Crippen molar-refractivity contribution >= 4 is 87.6 Å². The van der Waals surface area contributed by atoms with Gasteiger partial charge in [0, 0.05) is 26.2 Å². The SMILES string of the molecule is O=C1OCCN1Cc1ccccc1CN1CCOC1=O.[Li+].c1ccc(P(CCNCc2ccccc2CNCCP(c2ccccc2)c2ccccc2)c2ccccc2)cc1.c1ccc(Pc2ccccc2)cc1.c1ccc([P-]c2ccccc2)cc1. The Labute approximate surface area is 533 Å². The number of hydrogen-bond donors (Lipinski definition) is 2. The number of carbonyl (C=O) groups is 2. The minimum Gasteiger partial charge on any atom is -0.472 e. The van der Waals surface area contributed by atoms with Crippen LogP contribution >= 0.6 is 33.0 Å². The monoisotopic (exact) mass is 1210 g/mol. The Morgan fingerprint density at radius 3 is 0.943 bits per heavy atom. The Bertz CT molecular complexity index is 3130. The molecule has 87 heavy (non-hydrogen) atoms. The Hall–Kier alpha value is -7.02. The van der Waals surface area contributed by atoms with E-state index in [-0.39, 0.29) is 46.9 Å². The van der Waals surface area contributed by atoms with Crippen LogP contribution in [0, 0.1) is 0 Å². The van der Waals surface area contributed by atoms with Crippen LogP contribution in [0.3, 0.4) is 0 Å². The average molecular weight is 1220 g/mol. The molecule has 10 aromatic rings. The van der Waals surface area contributed by atoms with Gasteiger partial charge < -0.3 is 38.5 Å². The van der Waals surface area contributed by atoms with Gasteiger partial charge in [-0.2, -0.15) is 0 Å². The zero-order chi connectivity index (χ0) is 59.1. The van der Waals surface area contributed by atoms with E-state index in [4.69, 9.17) is 9.47 Å². The second-order valence-electron chi connectivity index (χ2n) is 20.2. The van der Waals surface area contributed by atoms with Crippen molar-refractivity contribution in [2.24, 2.45) is 0 Å². The third kappa shape index (κ3) is 22.3. The molecule has 0 bridgehead atoms. The van der Waals surface area contributed by atoms with Gasteiger partial charge in [0.05, 0.1) is 13.1 Å². The first-order valence-electron chi connectivity index (χ1n) is 29.3. The first-order valence-corrected chi connectivity index (χ1v) is 34.3. The summed E-state index contributed by atoms with van der Waals surface area (Å²) in [5.41, 5.74) is 4.83. The Kier molecular flexibility index (Phi) is 28.5. The number of benzene rings is 10. The van der Waals surface area contributed by atoms with Crippen LogP contribution in [0.4, 0.5) is 9.59 Å². The van der Waals surface area contributed by atoms with E-state index in [0.29, 0.717) is 39.4 Å². The topological polar surface area (TPSA) is 83.1 Å². The number of amides is 2. The third-order valence-electron chi connectivity index (χ3n) is 14.2. The van der Waals surface area contributed by atoms with Crippen LogP contribution in [0.15, 0.2) is 291 Å². The first kappa shape index (κ1) is 65.9. The van der Waals surface area contributed by atoms with Crippen molar-refractivity contribution in [3.8, 4) is 0 Å². The molecule has 2 saturated heterocycles. The van der Waals surface area contributed by atoms with Gasteiger partial charge in [0.25, 0.3) is 0 Å². The van der Waals surface area contributed by atoms with E-state index >= 15 is 0 Å². The molecule has 2 N–H and O–H groups in total. The van der Waals surface area contributed by atoms with Gasteiger partial charge in [-0.3, -0.25) is 0 Å². The third-order valence-corrected chi connectivity index (χ3v) is 21.6. The van der Waals surface area contributed by atoms with Gasteiger partial charge in [-0.05, 0) is 95.3 Å². The fraction of sp³-hybridized carbons (Fsp3) is 0.162. The molecule has 0 saturated carbocycles. The summed E-state index contributed by atoms with van der Waals surface area (Å²) in [5.74, 6) is 0. The normalized spacial score (nSPS) is 12.3. The molecule has 2 aliphatic heterocycles. The summed E-state index contributed by atoms with van der Waals surface area (Å²) in [7, 11) is 1.32. The van der Waals surface area contributed by atoms with Crippen molar-refractivity contribution < 1.29 is 37.9 Å². The van der Waals surface area contributed by atoms with Crippen molar-refractivity contribution in [2.45, 2.75) is 26.2 Å². The van der Waals surface area contributed by atoms with Crippen molar-refractivity contribution in [2.75, 3.05) is 51.7 Å². The Balaban J connectivity index is 0.000000172.